The highest BCUT2D eigenvalue weighted by atomic mass is 32.2. The molecule has 3 aromatic rings. The lowest BCUT2D eigenvalue weighted by Crippen LogP contribution is -2.36. The minimum Gasteiger partial charge on any atom is -0.497 e. The van der Waals surface area contributed by atoms with Gasteiger partial charge in [-0.25, -0.2) is 13.1 Å². The second kappa shape index (κ2) is 8.49. The van der Waals surface area contributed by atoms with E-state index >= 15 is 0 Å². The van der Waals surface area contributed by atoms with E-state index in [4.69, 9.17) is 4.74 Å². The van der Waals surface area contributed by atoms with Crippen molar-refractivity contribution in [3.8, 4) is 5.75 Å². The van der Waals surface area contributed by atoms with Gasteiger partial charge in [0.1, 0.15) is 10.6 Å². The van der Waals surface area contributed by atoms with Crippen molar-refractivity contribution < 1.29 is 13.2 Å². The number of methoxy groups -OCH3 is 1. The van der Waals surface area contributed by atoms with Crippen molar-refractivity contribution in [2.75, 3.05) is 26.7 Å². The van der Waals surface area contributed by atoms with Gasteiger partial charge in [-0.15, -0.1) is 0 Å². The van der Waals surface area contributed by atoms with Crippen LogP contribution in [0.4, 0.5) is 0 Å². The molecule has 0 radical (unpaired) electrons. The number of aromatic nitrogens is 1. The van der Waals surface area contributed by atoms with E-state index in [1.165, 1.54) is 0 Å². The van der Waals surface area contributed by atoms with E-state index in [0.717, 1.165) is 42.6 Å². The number of rotatable bonds is 7. The van der Waals surface area contributed by atoms with Crippen LogP contribution in [0.15, 0.2) is 65.7 Å². The maximum Gasteiger partial charge on any atom is 0.242 e. The van der Waals surface area contributed by atoms with E-state index in [9.17, 15) is 8.42 Å². The predicted octanol–water partition coefficient (Wildman–Crippen LogP) is 3.36. The van der Waals surface area contributed by atoms with Crippen LogP contribution >= 0.6 is 0 Å². The largest absolute Gasteiger partial charge is 0.497 e. The van der Waals surface area contributed by atoms with Crippen LogP contribution in [-0.2, 0) is 10.0 Å². The van der Waals surface area contributed by atoms with E-state index in [1.54, 1.807) is 31.5 Å². The van der Waals surface area contributed by atoms with Gasteiger partial charge in [0.15, 0.2) is 0 Å². The van der Waals surface area contributed by atoms with Crippen LogP contribution in [0.1, 0.15) is 24.4 Å². The zero-order chi connectivity index (χ0) is 20.3. The maximum absolute atomic E-state index is 13.1. The second-order valence-corrected chi connectivity index (χ2v) is 8.95. The SMILES string of the molecule is COc1ccc(C(CNS(=O)(=O)c2cccc3cccnc23)N2CCCC2)cc1. The van der Waals surface area contributed by atoms with Gasteiger partial charge in [0.2, 0.25) is 10.0 Å². The Morgan fingerprint density at radius 3 is 2.52 bits per heavy atom. The Morgan fingerprint density at radius 2 is 1.79 bits per heavy atom. The van der Waals surface area contributed by atoms with Crippen LogP contribution in [0.2, 0.25) is 0 Å². The molecule has 0 bridgehead atoms. The van der Waals surface area contributed by atoms with Crippen LogP contribution < -0.4 is 9.46 Å². The van der Waals surface area contributed by atoms with Gasteiger partial charge < -0.3 is 4.74 Å². The molecule has 152 valence electrons. The zero-order valence-corrected chi connectivity index (χ0v) is 17.2. The number of hydrogen-bond acceptors (Lipinski definition) is 5. The minimum absolute atomic E-state index is 0.0267. The average molecular weight is 412 g/mol. The molecule has 1 unspecified atom stereocenters. The molecule has 0 aliphatic carbocycles. The molecule has 29 heavy (non-hydrogen) atoms. The number of pyridine rings is 1. The first kappa shape index (κ1) is 19.8. The summed E-state index contributed by atoms with van der Waals surface area (Å²) in [5.41, 5.74) is 1.57. The highest BCUT2D eigenvalue weighted by Crippen LogP contribution is 2.27. The van der Waals surface area contributed by atoms with E-state index in [1.807, 2.05) is 36.4 Å². The summed E-state index contributed by atoms with van der Waals surface area (Å²) in [6, 6.07) is 16.7. The molecule has 0 saturated carbocycles. The van der Waals surface area contributed by atoms with Crippen molar-refractivity contribution in [3.05, 3.63) is 66.4 Å². The third-order valence-electron chi connectivity index (χ3n) is 5.43. The first-order valence-corrected chi connectivity index (χ1v) is 11.3. The lowest BCUT2D eigenvalue weighted by atomic mass is 10.1. The predicted molar refractivity (Wildman–Crippen MR) is 113 cm³/mol. The Hall–Kier alpha value is -2.48. The zero-order valence-electron chi connectivity index (χ0n) is 16.4. The number of fused-ring (bicyclic) bond motifs is 1. The van der Waals surface area contributed by atoms with Gasteiger partial charge in [-0.1, -0.05) is 30.3 Å². The molecule has 0 spiro atoms. The highest BCUT2D eigenvalue weighted by molar-refractivity contribution is 7.89. The molecule has 1 N–H and O–H groups in total. The number of nitrogens with one attached hydrogen (secondary N) is 1. The standard InChI is InChI=1S/C22H25N3O3S/c1-28-19-11-9-17(10-12-19)20(25-14-2-3-15-25)16-24-29(26,27)21-8-4-6-18-7-5-13-23-22(18)21/h4-13,20,24H,2-3,14-16H2,1H3. The van der Waals surface area contributed by atoms with Crippen LogP contribution in [-0.4, -0.2) is 45.0 Å². The fourth-order valence-corrected chi connectivity index (χ4v) is 5.11. The average Bonchev–Trinajstić information content (AvgIpc) is 3.28. The number of benzene rings is 2. The number of nitrogens with zero attached hydrogens (tertiary/aromatic N) is 2. The molecule has 1 fully saturated rings. The van der Waals surface area contributed by atoms with Crippen molar-refractivity contribution >= 4 is 20.9 Å². The first-order chi connectivity index (χ1) is 14.1. The number of para-hydroxylation sites is 1. The van der Waals surface area contributed by atoms with Crippen molar-refractivity contribution in [1.82, 2.24) is 14.6 Å². The lowest BCUT2D eigenvalue weighted by Gasteiger charge is -2.28. The quantitative estimate of drug-likeness (QED) is 0.646. The third-order valence-corrected chi connectivity index (χ3v) is 6.89. The van der Waals surface area contributed by atoms with Crippen molar-refractivity contribution in [2.24, 2.45) is 0 Å². The second-order valence-electron chi connectivity index (χ2n) is 7.22. The van der Waals surface area contributed by atoms with E-state index in [-0.39, 0.29) is 10.9 Å². The normalized spacial score (nSPS) is 16.2. The number of sulfonamides is 1. The Bertz CT molecular complexity index is 1070. The molecular weight excluding hydrogens is 386 g/mol. The summed E-state index contributed by atoms with van der Waals surface area (Å²) in [7, 11) is -2.06. The van der Waals surface area contributed by atoms with Crippen LogP contribution in [0.3, 0.4) is 0 Å². The summed E-state index contributed by atoms with van der Waals surface area (Å²) in [5.74, 6) is 0.788. The first-order valence-electron chi connectivity index (χ1n) is 9.80. The molecule has 0 amide bonds. The Labute approximate surface area is 171 Å². The van der Waals surface area contributed by atoms with Crippen LogP contribution in [0.5, 0.6) is 5.75 Å². The van der Waals surface area contributed by atoms with E-state index in [2.05, 4.69) is 14.6 Å². The molecule has 1 saturated heterocycles. The molecule has 2 heterocycles. The highest BCUT2D eigenvalue weighted by Gasteiger charge is 2.26. The van der Waals surface area contributed by atoms with Crippen molar-refractivity contribution in [1.29, 1.82) is 0 Å². The molecule has 2 aromatic carbocycles. The van der Waals surface area contributed by atoms with Crippen molar-refractivity contribution in [3.63, 3.8) is 0 Å². The summed E-state index contributed by atoms with van der Waals surface area (Å²) in [5, 5.41) is 0.807. The Balaban J connectivity index is 1.60. The number of ether oxygens (including phenoxy) is 1. The van der Waals surface area contributed by atoms with Gasteiger partial charge in [-0.2, -0.15) is 0 Å². The van der Waals surface area contributed by atoms with Crippen LogP contribution in [0, 0.1) is 0 Å². The fraction of sp³-hybridized carbons (Fsp3) is 0.318. The van der Waals surface area contributed by atoms with Crippen LogP contribution in [0.25, 0.3) is 10.9 Å². The van der Waals surface area contributed by atoms with Gasteiger partial charge in [0.05, 0.1) is 12.6 Å². The van der Waals surface area contributed by atoms with Gasteiger partial charge in [-0.3, -0.25) is 9.88 Å². The molecule has 1 aliphatic heterocycles. The minimum atomic E-state index is -3.70. The molecule has 7 heteroatoms. The summed E-state index contributed by atoms with van der Waals surface area (Å²) in [4.78, 5) is 6.84. The summed E-state index contributed by atoms with van der Waals surface area (Å²) < 4.78 is 34.3. The van der Waals surface area contributed by atoms with Gasteiger partial charge in [0, 0.05) is 24.2 Å². The molecule has 6 nitrogen and oxygen atoms in total. The Morgan fingerprint density at radius 1 is 1.07 bits per heavy atom. The summed E-state index contributed by atoms with van der Waals surface area (Å²) in [6.07, 6.45) is 3.88. The molecule has 4 rings (SSSR count). The molecule has 1 atom stereocenters. The van der Waals surface area contributed by atoms with Gasteiger partial charge in [0.25, 0.3) is 0 Å². The smallest absolute Gasteiger partial charge is 0.242 e. The number of hydrogen-bond donors (Lipinski definition) is 1. The van der Waals surface area contributed by atoms with E-state index < -0.39 is 10.0 Å². The third kappa shape index (κ3) is 4.27. The summed E-state index contributed by atoms with van der Waals surface area (Å²) in [6.45, 7) is 2.24. The van der Waals surface area contributed by atoms with E-state index in [0.29, 0.717) is 12.1 Å². The molecule has 1 aliphatic rings. The summed E-state index contributed by atoms with van der Waals surface area (Å²) >= 11 is 0. The monoisotopic (exact) mass is 411 g/mol. The molecule has 1 aromatic heterocycles. The van der Waals surface area contributed by atoms with Gasteiger partial charge in [-0.05, 0) is 55.8 Å². The fourth-order valence-electron chi connectivity index (χ4n) is 3.90. The Kier molecular flexibility index (Phi) is 5.80. The van der Waals surface area contributed by atoms with Gasteiger partial charge >= 0.3 is 0 Å². The van der Waals surface area contributed by atoms with Crippen molar-refractivity contribution in [2.45, 2.75) is 23.8 Å². The lowest BCUT2D eigenvalue weighted by molar-refractivity contribution is 0.246. The topological polar surface area (TPSA) is 71.5 Å². The molecular formula is C22H25N3O3S. The number of likely N-dealkylation sites (tertiary alicyclic amines) is 1. The maximum atomic E-state index is 13.1.